The lowest BCUT2D eigenvalue weighted by atomic mass is 10.2. The Morgan fingerprint density at radius 2 is 1.71 bits per heavy atom. The SMILES string of the molecule is Cc1ccc(OCCCC(=O)NCCNC(=O)CCl)cc1. The molecule has 1 rings (SSSR count). The van der Waals surface area contributed by atoms with Crippen LogP contribution in [0.15, 0.2) is 24.3 Å². The topological polar surface area (TPSA) is 67.4 Å². The van der Waals surface area contributed by atoms with Crippen LogP contribution in [-0.4, -0.2) is 37.4 Å². The molecule has 0 unspecified atom stereocenters. The van der Waals surface area contributed by atoms with Crippen LogP contribution in [0.3, 0.4) is 0 Å². The summed E-state index contributed by atoms with van der Waals surface area (Å²) in [5.41, 5.74) is 1.18. The molecule has 0 aromatic heterocycles. The maximum atomic E-state index is 11.5. The Kier molecular flexibility index (Phi) is 8.28. The number of hydrogen-bond acceptors (Lipinski definition) is 3. The van der Waals surface area contributed by atoms with Crippen LogP contribution >= 0.6 is 11.6 Å². The zero-order valence-electron chi connectivity index (χ0n) is 12.2. The van der Waals surface area contributed by atoms with E-state index in [1.165, 1.54) is 5.56 Å². The van der Waals surface area contributed by atoms with Crippen LogP contribution in [0.4, 0.5) is 0 Å². The number of nitrogens with one attached hydrogen (secondary N) is 2. The molecule has 0 saturated carbocycles. The fourth-order valence-corrected chi connectivity index (χ4v) is 1.69. The first-order valence-corrected chi connectivity index (χ1v) is 7.44. The summed E-state index contributed by atoms with van der Waals surface area (Å²) in [5, 5.41) is 5.29. The predicted molar refractivity (Wildman–Crippen MR) is 82.6 cm³/mol. The molecule has 0 fully saturated rings. The molecule has 0 aliphatic heterocycles. The van der Waals surface area contributed by atoms with Crippen molar-refractivity contribution in [1.29, 1.82) is 0 Å². The second-order valence-electron chi connectivity index (χ2n) is 4.60. The van der Waals surface area contributed by atoms with Gasteiger partial charge in [-0.15, -0.1) is 11.6 Å². The Hall–Kier alpha value is -1.75. The standard InChI is InChI=1S/C15H21ClN2O3/c1-12-4-6-13(7-5-12)21-10-2-3-14(19)17-8-9-18-15(20)11-16/h4-7H,2-3,8-11H2,1H3,(H,17,19)(H,18,20). The maximum absolute atomic E-state index is 11.5. The fraction of sp³-hybridized carbons (Fsp3) is 0.467. The average molecular weight is 313 g/mol. The molecule has 0 heterocycles. The molecule has 0 bridgehead atoms. The van der Waals surface area contributed by atoms with E-state index in [1.807, 2.05) is 31.2 Å². The molecule has 0 aliphatic carbocycles. The third kappa shape index (κ3) is 8.19. The number of alkyl halides is 1. The van der Waals surface area contributed by atoms with Crippen LogP contribution in [0, 0.1) is 6.92 Å². The van der Waals surface area contributed by atoms with Gasteiger partial charge >= 0.3 is 0 Å². The summed E-state index contributed by atoms with van der Waals surface area (Å²) >= 11 is 5.32. The largest absolute Gasteiger partial charge is 0.494 e. The molecule has 5 nitrogen and oxygen atoms in total. The number of amides is 2. The zero-order valence-corrected chi connectivity index (χ0v) is 12.9. The van der Waals surface area contributed by atoms with Gasteiger partial charge in [-0.05, 0) is 25.5 Å². The van der Waals surface area contributed by atoms with Crippen molar-refractivity contribution >= 4 is 23.4 Å². The van der Waals surface area contributed by atoms with Gasteiger partial charge in [-0.1, -0.05) is 17.7 Å². The Bertz CT molecular complexity index is 449. The molecule has 116 valence electrons. The van der Waals surface area contributed by atoms with E-state index in [0.717, 1.165) is 5.75 Å². The maximum Gasteiger partial charge on any atom is 0.234 e. The molecule has 0 atom stereocenters. The molecule has 1 aromatic carbocycles. The lowest BCUT2D eigenvalue weighted by molar-refractivity contribution is -0.122. The summed E-state index contributed by atoms with van der Waals surface area (Å²) in [7, 11) is 0. The lowest BCUT2D eigenvalue weighted by Gasteiger charge is -2.07. The minimum absolute atomic E-state index is 0.0531. The second kappa shape index (κ2) is 10.0. The van der Waals surface area contributed by atoms with Crippen molar-refractivity contribution in [2.75, 3.05) is 25.6 Å². The first-order valence-electron chi connectivity index (χ1n) is 6.90. The van der Waals surface area contributed by atoms with Gasteiger partial charge < -0.3 is 15.4 Å². The van der Waals surface area contributed by atoms with Crippen molar-refractivity contribution in [3.05, 3.63) is 29.8 Å². The number of hydrogen-bond donors (Lipinski definition) is 2. The van der Waals surface area contributed by atoms with Crippen molar-refractivity contribution < 1.29 is 14.3 Å². The van der Waals surface area contributed by atoms with E-state index < -0.39 is 0 Å². The fourth-order valence-electron chi connectivity index (χ4n) is 1.60. The van der Waals surface area contributed by atoms with Gasteiger partial charge in [-0.25, -0.2) is 0 Å². The molecule has 0 aliphatic rings. The van der Waals surface area contributed by atoms with Crippen molar-refractivity contribution in [3.63, 3.8) is 0 Å². The number of carbonyl (C=O) groups excluding carboxylic acids is 2. The van der Waals surface area contributed by atoms with Crippen LogP contribution in [0.1, 0.15) is 18.4 Å². The molecule has 2 amide bonds. The highest BCUT2D eigenvalue weighted by Gasteiger charge is 2.02. The van der Waals surface area contributed by atoms with E-state index in [4.69, 9.17) is 16.3 Å². The summed E-state index contributed by atoms with van der Waals surface area (Å²) in [6.07, 6.45) is 1.04. The number of benzene rings is 1. The normalized spacial score (nSPS) is 10.0. The molecule has 6 heteroatoms. The van der Waals surface area contributed by atoms with Crippen LogP contribution < -0.4 is 15.4 Å². The predicted octanol–water partition coefficient (Wildman–Crippen LogP) is 1.63. The molecule has 21 heavy (non-hydrogen) atoms. The Labute approximate surface area is 130 Å². The number of carbonyl (C=O) groups is 2. The summed E-state index contributed by atoms with van der Waals surface area (Å²) in [4.78, 5) is 22.4. The smallest absolute Gasteiger partial charge is 0.234 e. The van der Waals surface area contributed by atoms with E-state index in [2.05, 4.69) is 10.6 Å². The number of rotatable bonds is 9. The highest BCUT2D eigenvalue weighted by Crippen LogP contribution is 2.11. The summed E-state index contributed by atoms with van der Waals surface area (Å²) in [6.45, 7) is 3.31. The molecular weight excluding hydrogens is 292 g/mol. The van der Waals surface area contributed by atoms with Crippen LogP contribution in [-0.2, 0) is 9.59 Å². The van der Waals surface area contributed by atoms with E-state index in [-0.39, 0.29) is 17.7 Å². The molecule has 0 radical (unpaired) electrons. The van der Waals surface area contributed by atoms with Gasteiger partial charge in [0, 0.05) is 19.5 Å². The lowest BCUT2D eigenvalue weighted by Crippen LogP contribution is -2.35. The Morgan fingerprint density at radius 3 is 2.33 bits per heavy atom. The quantitative estimate of drug-likeness (QED) is 0.538. The van der Waals surface area contributed by atoms with Crippen LogP contribution in [0.2, 0.25) is 0 Å². The van der Waals surface area contributed by atoms with Crippen molar-refractivity contribution in [1.82, 2.24) is 10.6 Å². The van der Waals surface area contributed by atoms with Crippen molar-refractivity contribution in [2.24, 2.45) is 0 Å². The number of aryl methyl sites for hydroxylation is 1. The molecule has 0 spiro atoms. The highest BCUT2D eigenvalue weighted by molar-refractivity contribution is 6.27. The van der Waals surface area contributed by atoms with Gasteiger partial charge in [-0.2, -0.15) is 0 Å². The minimum atomic E-state index is -0.239. The first kappa shape index (κ1) is 17.3. The van der Waals surface area contributed by atoms with Gasteiger partial charge in [0.2, 0.25) is 11.8 Å². The average Bonchev–Trinajstić information content (AvgIpc) is 2.49. The molecular formula is C15H21ClN2O3. The van der Waals surface area contributed by atoms with Gasteiger partial charge in [0.15, 0.2) is 0 Å². The van der Waals surface area contributed by atoms with Gasteiger partial charge in [0.05, 0.1) is 6.61 Å². The van der Waals surface area contributed by atoms with E-state index >= 15 is 0 Å². The highest BCUT2D eigenvalue weighted by atomic mass is 35.5. The Morgan fingerprint density at radius 1 is 1.10 bits per heavy atom. The molecule has 0 saturated heterocycles. The summed E-state index contributed by atoms with van der Waals surface area (Å²) in [6, 6.07) is 7.79. The zero-order chi connectivity index (χ0) is 15.5. The van der Waals surface area contributed by atoms with Crippen molar-refractivity contribution in [3.8, 4) is 5.75 Å². The van der Waals surface area contributed by atoms with Gasteiger partial charge in [-0.3, -0.25) is 9.59 Å². The van der Waals surface area contributed by atoms with E-state index in [1.54, 1.807) is 0 Å². The van der Waals surface area contributed by atoms with Crippen LogP contribution in [0.5, 0.6) is 5.75 Å². The summed E-state index contributed by atoms with van der Waals surface area (Å²) in [5.74, 6) is 0.453. The first-order chi connectivity index (χ1) is 10.1. The third-order valence-electron chi connectivity index (χ3n) is 2.73. The van der Waals surface area contributed by atoms with E-state index in [0.29, 0.717) is 32.5 Å². The number of ether oxygens (including phenoxy) is 1. The number of halogens is 1. The minimum Gasteiger partial charge on any atom is -0.494 e. The van der Waals surface area contributed by atoms with E-state index in [9.17, 15) is 9.59 Å². The molecule has 1 aromatic rings. The van der Waals surface area contributed by atoms with Crippen LogP contribution in [0.25, 0.3) is 0 Å². The third-order valence-corrected chi connectivity index (χ3v) is 2.97. The van der Waals surface area contributed by atoms with Gasteiger partial charge in [0.25, 0.3) is 0 Å². The van der Waals surface area contributed by atoms with Gasteiger partial charge in [0.1, 0.15) is 11.6 Å². The second-order valence-corrected chi connectivity index (χ2v) is 4.87. The van der Waals surface area contributed by atoms with Crippen molar-refractivity contribution in [2.45, 2.75) is 19.8 Å². The monoisotopic (exact) mass is 312 g/mol. The Balaban J connectivity index is 2.03. The molecule has 2 N–H and O–H groups in total. The summed E-state index contributed by atoms with van der Waals surface area (Å²) < 4.78 is 5.53.